The lowest BCUT2D eigenvalue weighted by Gasteiger charge is -2.16. The molecule has 1 aliphatic rings. The summed E-state index contributed by atoms with van der Waals surface area (Å²) in [5.74, 6) is -0.403. The Morgan fingerprint density at radius 3 is 2.03 bits per heavy atom. The summed E-state index contributed by atoms with van der Waals surface area (Å²) in [5, 5.41) is 5.53. The molecule has 0 radical (unpaired) electrons. The van der Waals surface area contributed by atoms with Gasteiger partial charge < -0.3 is 15.4 Å². The molecule has 3 aromatic carbocycles. The average molecular weight is 490 g/mol. The third-order valence-electron chi connectivity index (χ3n) is 5.61. The fourth-order valence-corrected chi connectivity index (χ4v) is 3.79. The molecule has 178 valence electrons. The molecule has 3 amide bonds. The van der Waals surface area contributed by atoms with Gasteiger partial charge in [0.15, 0.2) is 0 Å². The predicted molar refractivity (Wildman–Crippen MR) is 137 cm³/mol. The number of carbonyl (C=O) groups excluding carboxylic acids is 3. The highest BCUT2D eigenvalue weighted by atomic mass is 35.5. The van der Waals surface area contributed by atoms with Crippen LogP contribution < -0.4 is 20.3 Å². The molecule has 2 N–H and O–H groups in total. The Morgan fingerprint density at radius 2 is 1.46 bits per heavy atom. The summed E-state index contributed by atoms with van der Waals surface area (Å²) in [5.41, 5.74) is 3.10. The van der Waals surface area contributed by atoms with E-state index in [0.29, 0.717) is 34.3 Å². The van der Waals surface area contributed by atoms with Gasteiger partial charge in [0.2, 0.25) is 0 Å². The minimum Gasteiger partial charge on any atom is -0.497 e. The molecule has 0 aromatic heterocycles. The first-order valence-corrected chi connectivity index (χ1v) is 11.4. The summed E-state index contributed by atoms with van der Waals surface area (Å²) in [7, 11) is 1.57. The van der Waals surface area contributed by atoms with E-state index < -0.39 is 11.8 Å². The lowest BCUT2D eigenvalue weighted by molar-refractivity contribution is -0.120. The number of methoxy groups -OCH3 is 1. The van der Waals surface area contributed by atoms with Gasteiger partial charge in [-0.15, -0.1) is 0 Å². The van der Waals surface area contributed by atoms with Crippen molar-refractivity contribution >= 4 is 46.4 Å². The van der Waals surface area contributed by atoms with Crippen molar-refractivity contribution in [3.8, 4) is 5.75 Å². The third kappa shape index (κ3) is 5.05. The molecule has 0 atom stereocenters. The Balaban J connectivity index is 1.45. The second-order valence-electron chi connectivity index (χ2n) is 8.27. The van der Waals surface area contributed by atoms with Gasteiger partial charge in [0.1, 0.15) is 16.5 Å². The van der Waals surface area contributed by atoms with Crippen LogP contribution in [0.3, 0.4) is 0 Å². The summed E-state index contributed by atoms with van der Waals surface area (Å²) in [6.45, 7) is 4.13. The normalized spacial score (nSPS) is 13.5. The molecule has 7 nitrogen and oxygen atoms in total. The molecule has 0 saturated heterocycles. The first-order valence-electron chi connectivity index (χ1n) is 11.0. The monoisotopic (exact) mass is 489 g/mol. The van der Waals surface area contributed by atoms with Crippen molar-refractivity contribution in [2.75, 3.05) is 22.6 Å². The number of imide groups is 1. The Hall–Kier alpha value is -4.10. The summed E-state index contributed by atoms with van der Waals surface area (Å²) < 4.78 is 5.11. The number of benzene rings is 3. The van der Waals surface area contributed by atoms with Crippen LogP contribution in [-0.2, 0) is 9.59 Å². The quantitative estimate of drug-likeness (QED) is 0.427. The molecule has 0 spiro atoms. The minimum absolute atomic E-state index is 0.0139. The number of nitrogens with one attached hydrogen (secondary N) is 2. The Labute approximate surface area is 208 Å². The van der Waals surface area contributed by atoms with Crippen LogP contribution in [0.4, 0.5) is 17.1 Å². The summed E-state index contributed by atoms with van der Waals surface area (Å²) in [4.78, 5) is 39.3. The minimum atomic E-state index is -0.591. The fraction of sp³-hybridized carbons (Fsp3) is 0.148. The van der Waals surface area contributed by atoms with Crippen LogP contribution in [0.25, 0.3) is 0 Å². The molecule has 8 heteroatoms. The number of hydrogen-bond donors (Lipinski definition) is 2. The van der Waals surface area contributed by atoms with Gasteiger partial charge in [-0.05, 0) is 72.1 Å². The van der Waals surface area contributed by atoms with Crippen LogP contribution >= 0.6 is 11.6 Å². The zero-order valence-electron chi connectivity index (χ0n) is 19.5. The molecule has 3 aromatic rings. The number of ether oxygens (including phenoxy) is 1. The van der Waals surface area contributed by atoms with Gasteiger partial charge in [0, 0.05) is 16.9 Å². The third-order valence-corrected chi connectivity index (χ3v) is 5.96. The van der Waals surface area contributed by atoms with Crippen molar-refractivity contribution in [3.63, 3.8) is 0 Å². The van der Waals surface area contributed by atoms with Crippen LogP contribution in [-0.4, -0.2) is 24.8 Å². The summed E-state index contributed by atoms with van der Waals surface area (Å²) >= 11 is 6.23. The van der Waals surface area contributed by atoms with Crippen molar-refractivity contribution in [1.29, 1.82) is 0 Å². The fourth-order valence-electron chi connectivity index (χ4n) is 3.58. The smallest absolute Gasteiger partial charge is 0.283 e. The maximum atomic E-state index is 13.0. The Bertz CT molecular complexity index is 1300. The number of hydrogen-bond acceptors (Lipinski definition) is 5. The van der Waals surface area contributed by atoms with Crippen LogP contribution in [0, 0.1) is 0 Å². The van der Waals surface area contributed by atoms with Gasteiger partial charge in [-0.3, -0.25) is 14.4 Å². The Kier molecular flexibility index (Phi) is 6.89. The van der Waals surface area contributed by atoms with E-state index in [4.69, 9.17) is 16.3 Å². The van der Waals surface area contributed by atoms with Gasteiger partial charge in [-0.1, -0.05) is 37.6 Å². The van der Waals surface area contributed by atoms with E-state index in [2.05, 4.69) is 24.5 Å². The standard InChI is InChI=1S/C27H24ClN3O4/c1-16(2)17-6-12-21(13-7-17)31-26(33)23(28)24(27(31)34)29-19-8-4-18(5-9-19)25(32)30-20-10-14-22(35-3)15-11-20/h4-16,29H,1-3H3,(H,30,32). The molecule has 0 fully saturated rings. The maximum absolute atomic E-state index is 13.0. The van der Waals surface area contributed by atoms with E-state index in [1.165, 1.54) is 0 Å². The highest BCUT2D eigenvalue weighted by Gasteiger charge is 2.39. The van der Waals surface area contributed by atoms with Gasteiger partial charge in [-0.25, -0.2) is 4.90 Å². The van der Waals surface area contributed by atoms with E-state index in [9.17, 15) is 14.4 Å². The highest BCUT2D eigenvalue weighted by Crippen LogP contribution is 2.31. The number of amides is 3. The second kappa shape index (κ2) is 10.0. The molecule has 4 rings (SSSR count). The molecule has 0 saturated carbocycles. The van der Waals surface area contributed by atoms with Crippen molar-refractivity contribution in [2.45, 2.75) is 19.8 Å². The molecule has 0 unspecified atom stereocenters. The number of halogens is 1. The topological polar surface area (TPSA) is 87.7 Å². The molecule has 1 heterocycles. The molecule has 0 aliphatic carbocycles. The van der Waals surface area contributed by atoms with E-state index in [1.54, 1.807) is 67.8 Å². The van der Waals surface area contributed by atoms with Crippen molar-refractivity contribution in [2.24, 2.45) is 0 Å². The highest BCUT2D eigenvalue weighted by molar-refractivity contribution is 6.53. The van der Waals surface area contributed by atoms with E-state index >= 15 is 0 Å². The number of rotatable bonds is 7. The first kappa shape index (κ1) is 24.0. The zero-order valence-corrected chi connectivity index (χ0v) is 20.2. The zero-order chi connectivity index (χ0) is 25.1. The van der Waals surface area contributed by atoms with E-state index in [-0.39, 0.29) is 16.6 Å². The Morgan fingerprint density at radius 1 is 0.857 bits per heavy atom. The van der Waals surface area contributed by atoms with Gasteiger partial charge in [-0.2, -0.15) is 0 Å². The summed E-state index contributed by atoms with van der Waals surface area (Å²) in [6, 6.07) is 20.7. The van der Waals surface area contributed by atoms with E-state index in [1.807, 2.05) is 12.1 Å². The molecular formula is C27H24ClN3O4. The van der Waals surface area contributed by atoms with Gasteiger partial charge in [0.25, 0.3) is 17.7 Å². The number of carbonyl (C=O) groups is 3. The van der Waals surface area contributed by atoms with Gasteiger partial charge >= 0.3 is 0 Å². The van der Waals surface area contributed by atoms with Crippen LogP contribution in [0.5, 0.6) is 5.75 Å². The van der Waals surface area contributed by atoms with E-state index in [0.717, 1.165) is 10.5 Å². The van der Waals surface area contributed by atoms with Crippen LogP contribution in [0.2, 0.25) is 0 Å². The number of anilines is 3. The number of nitrogens with zero attached hydrogens (tertiary/aromatic N) is 1. The SMILES string of the molecule is COc1ccc(NC(=O)c2ccc(NC3=C(Cl)C(=O)N(c4ccc(C(C)C)cc4)C3=O)cc2)cc1. The van der Waals surface area contributed by atoms with Crippen molar-refractivity contribution < 1.29 is 19.1 Å². The average Bonchev–Trinajstić information content (AvgIpc) is 3.08. The predicted octanol–water partition coefficient (Wildman–Crippen LogP) is 5.51. The second-order valence-corrected chi connectivity index (χ2v) is 8.64. The molecule has 1 aliphatic heterocycles. The first-order chi connectivity index (χ1) is 16.8. The lowest BCUT2D eigenvalue weighted by Crippen LogP contribution is -2.32. The largest absolute Gasteiger partial charge is 0.497 e. The van der Waals surface area contributed by atoms with Crippen molar-refractivity contribution in [3.05, 3.63) is 94.7 Å². The maximum Gasteiger partial charge on any atom is 0.283 e. The summed E-state index contributed by atoms with van der Waals surface area (Å²) in [6.07, 6.45) is 0. The molecular weight excluding hydrogens is 466 g/mol. The van der Waals surface area contributed by atoms with Crippen LogP contribution in [0.15, 0.2) is 83.5 Å². The van der Waals surface area contributed by atoms with Crippen LogP contribution in [0.1, 0.15) is 35.7 Å². The lowest BCUT2D eigenvalue weighted by atomic mass is 10.0. The van der Waals surface area contributed by atoms with Gasteiger partial charge in [0.05, 0.1) is 12.8 Å². The molecule has 35 heavy (non-hydrogen) atoms. The molecule has 0 bridgehead atoms. The van der Waals surface area contributed by atoms with Crippen molar-refractivity contribution in [1.82, 2.24) is 0 Å².